The fourth-order valence-corrected chi connectivity index (χ4v) is 1.91. The molecule has 1 heterocycles. The van der Waals surface area contributed by atoms with Crippen LogP contribution in [0, 0.1) is 0 Å². The number of halogens is 1. The van der Waals surface area contributed by atoms with Gasteiger partial charge in [0.25, 0.3) is 0 Å². The zero-order chi connectivity index (χ0) is 9.26. The summed E-state index contributed by atoms with van der Waals surface area (Å²) in [7, 11) is 0. The maximum atomic E-state index is 10.8. The summed E-state index contributed by atoms with van der Waals surface area (Å²) in [6.45, 7) is 0. The van der Waals surface area contributed by atoms with E-state index in [1.165, 1.54) is 0 Å². The summed E-state index contributed by atoms with van der Waals surface area (Å²) in [5, 5.41) is 7.42. The van der Waals surface area contributed by atoms with Gasteiger partial charge in [-0.05, 0) is 6.07 Å². The smallest absolute Gasteiger partial charge is 0.255 e. The van der Waals surface area contributed by atoms with Crippen molar-refractivity contribution in [3.05, 3.63) is 39.0 Å². The monoisotopic (exact) mass is 212 g/mol. The number of H-pyrrole nitrogens is 1. The number of aromatic nitrogens is 2. The van der Waals surface area contributed by atoms with Gasteiger partial charge in [-0.3, -0.25) is 4.79 Å². The molecular formula is C8H5ClN2OS. The van der Waals surface area contributed by atoms with E-state index in [-0.39, 0.29) is 4.87 Å². The quantitative estimate of drug-likeness (QED) is 0.788. The predicted molar refractivity (Wildman–Crippen MR) is 53.2 cm³/mol. The Labute approximate surface area is 83.0 Å². The number of hydrogen-bond donors (Lipinski definition) is 1. The molecule has 0 saturated carbocycles. The van der Waals surface area contributed by atoms with Gasteiger partial charge in [-0.15, -0.1) is 0 Å². The Morgan fingerprint density at radius 1 is 1.38 bits per heavy atom. The summed E-state index contributed by atoms with van der Waals surface area (Å²) in [5.41, 5.74) is 0.785. The fourth-order valence-electron chi connectivity index (χ4n) is 0.980. The molecule has 0 unspecified atom stereocenters. The van der Waals surface area contributed by atoms with Gasteiger partial charge in [0.15, 0.2) is 0 Å². The van der Waals surface area contributed by atoms with Gasteiger partial charge in [-0.25, -0.2) is 5.10 Å². The van der Waals surface area contributed by atoms with Crippen molar-refractivity contribution in [2.24, 2.45) is 0 Å². The van der Waals surface area contributed by atoms with Crippen LogP contribution in [0.4, 0.5) is 0 Å². The average molecular weight is 213 g/mol. The van der Waals surface area contributed by atoms with Gasteiger partial charge in [0.1, 0.15) is 5.01 Å². The van der Waals surface area contributed by atoms with E-state index in [2.05, 4.69) is 10.2 Å². The van der Waals surface area contributed by atoms with Crippen molar-refractivity contribution in [2.45, 2.75) is 0 Å². The summed E-state index contributed by atoms with van der Waals surface area (Å²) >= 11 is 6.97. The molecule has 0 amide bonds. The molecule has 3 nitrogen and oxygen atoms in total. The standard InChI is InChI=1S/C8H5ClN2OS/c9-6-4-2-1-3-5(6)7-10-11-8(12)13-7/h1-4H,(H,11,12). The molecule has 0 saturated heterocycles. The average Bonchev–Trinajstić information content (AvgIpc) is 2.53. The Morgan fingerprint density at radius 2 is 2.15 bits per heavy atom. The number of hydrogen-bond acceptors (Lipinski definition) is 3. The molecule has 2 aromatic rings. The maximum Gasteiger partial charge on any atom is 0.322 e. The number of aromatic amines is 1. The molecule has 2 rings (SSSR count). The van der Waals surface area contributed by atoms with E-state index in [0.29, 0.717) is 10.0 Å². The first kappa shape index (κ1) is 8.47. The van der Waals surface area contributed by atoms with Crippen molar-refractivity contribution < 1.29 is 0 Å². The van der Waals surface area contributed by atoms with Crippen molar-refractivity contribution in [3.8, 4) is 10.6 Å². The van der Waals surface area contributed by atoms with E-state index in [1.54, 1.807) is 6.07 Å². The van der Waals surface area contributed by atoms with Gasteiger partial charge in [0.2, 0.25) is 0 Å². The summed E-state index contributed by atoms with van der Waals surface area (Å²) < 4.78 is 0. The van der Waals surface area contributed by atoms with Crippen molar-refractivity contribution >= 4 is 22.9 Å². The van der Waals surface area contributed by atoms with E-state index in [1.807, 2.05) is 18.2 Å². The second kappa shape index (κ2) is 3.32. The Bertz CT molecular complexity index is 477. The summed E-state index contributed by atoms with van der Waals surface area (Å²) in [6.07, 6.45) is 0. The van der Waals surface area contributed by atoms with Crippen LogP contribution in [0.25, 0.3) is 10.6 Å². The highest BCUT2D eigenvalue weighted by atomic mass is 35.5. The number of rotatable bonds is 1. The summed E-state index contributed by atoms with van der Waals surface area (Å²) in [6, 6.07) is 7.28. The Hall–Kier alpha value is -1.13. The zero-order valence-electron chi connectivity index (χ0n) is 6.45. The number of nitrogens with zero attached hydrogens (tertiary/aromatic N) is 1. The van der Waals surface area contributed by atoms with Crippen molar-refractivity contribution in [2.75, 3.05) is 0 Å². The van der Waals surface area contributed by atoms with E-state index in [9.17, 15) is 4.79 Å². The van der Waals surface area contributed by atoms with Gasteiger partial charge < -0.3 is 0 Å². The first-order valence-corrected chi connectivity index (χ1v) is 4.77. The minimum Gasteiger partial charge on any atom is -0.255 e. The topological polar surface area (TPSA) is 45.8 Å². The highest BCUT2D eigenvalue weighted by Crippen LogP contribution is 2.26. The normalized spacial score (nSPS) is 10.2. The SMILES string of the molecule is O=c1[nH]nc(-c2ccccc2Cl)s1. The van der Waals surface area contributed by atoms with E-state index in [4.69, 9.17) is 11.6 Å². The molecule has 0 atom stereocenters. The lowest BCUT2D eigenvalue weighted by atomic mass is 10.2. The highest BCUT2D eigenvalue weighted by molar-refractivity contribution is 7.12. The second-order valence-corrected chi connectivity index (χ2v) is 3.77. The summed E-state index contributed by atoms with van der Waals surface area (Å²) in [5.74, 6) is 0. The molecule has 1 N–H and O–H groups in total. The van der Waals surface area contributed by atoms with Gasteiger partial charge in [0, 0.05) is 5.56 Å². The number of benzene rings is 1. The minimum absolute atomic E-state index is 0.171. The lowest BCUT2D eigenvalue weighted by Crippen LogP contribution is -1.90. The molecule has 13 heavy (non-hydrogen) atoms. The molecular weight excluding hydrogens is 208 g/mol. The van der Waals surface area contributed by atoms with Crippen LogP contribution in [0.1, 0.15) is 0 Å². The lowest BCUT2D eigenvalue weighted by Gasteiger charge is -1.96. The lowest BCUT2D eigenvalue weighted by molar-refractivity contribution is 1.06. The van der Waals surface area contributed by atoms with Gasteiger partial charge in [-0.1, -0.05) is 41.1 Å². The number of nitrogens with one attached hydrogen (secondary N) is 1. The maximum absolute atomic E-state index is 10.8. The molecule has 0 aliphatic rings. The van der Waals surface area contributed by atoms with Crippen LogP contribution in [-0.2, 0) is 0 Å². The van der Waals surface area contributed by atoms with Crippen LogP contribution < -0.4 is 4.87 Å². The molecule has 0 radical (unpaired) electrons. The third-order valence-electron chi connectivity index (χ3n) is 1.54. The Morgan fingerprint density at radius 3 is 2.77 bits per heavy atom. The Balaban J connectivity index is 2.58. The molecule has 5 heteroatoms. The summed E-state index contributed by atoms with van der Waals surface area (Å²) in [4.78, 5) is 10.7. The van der Waals surface area contributed by atoms with E-state index < -0.39 is 0 Å². The second-order valence-electron chi connectivity index (χ2n) is 2.40. The third-order valence-corrected chi connectivity index (χ3v) is 2.65. The van der Waals surface area contributed by atoms with Crippen LogP contribution >= 0.6 is 22.9 Å². The predicted octanol–water partition coefficient (Wildman–Crippen LogP) is 2.15. The van der Waals surface area contributed by atoms with E-state index in [0.717, 1.165) is 16.9 Å². The molecule has 0 aliphatic heterocycles. The first-order valence-electron chi connectivity index (χ1n) is 3.58. The zero-order valence-corrected chi connectivity index (χ0v) is 8.02. The van der Waals surface area contributed by atoms with E-state index >= 15 is 0 Å². The third kappa shape index (κ3) is 1.64. The molecule has 1 aromatic heterocycles. The Kier molecular flexibility index (Phi) is 2.16. The molecule has 66 valence electrons. The van der Waals surface area contributed by atoms with Crippen molar-refractivity contribution in [1.82, 2.24) is 10.2 Å². The fraction of sp³-hybridized carbons (Fsp3) is 0. The van der Waals surface area contributed by atoms with Crippen LogP contribution in [0.2, 0.25) is 5.02 Å². The van der Waals surface area contributed by atoms with Crippen LogP contribution in [0.5, 0.6) is 0 Å². The minimum atomic E-state index is -0.171. The van der Waals surface area contributed by atoms with Gasteiger partial charge >= 0.3 is 4.87 Å². The molecule has 0 aliphatic carbocycles. The van der Waals surface area contributed by atoms with Gasteiger partial charge in [-0.2, -0.15) is 5.10 Å². The molecule has 0 fully saturated rings. The van der Waals surface area contributed by atoms with Gasteiger partial charge in [0.05, 0.1) is 5.02 Å². The molecule has 0 bridgehead atoms. The van der Waals surface area contributed by atoms with Crippen LogP contribution in [0.15, 0.2) is 29.1 Å². The first-order chi connectivity index (χ1) is 6.27. The highest BCUT2D eigenvalue weighted by Gasteiger charge is 2.06. The van der Waals surface area contributed by atoms with Crippen LogP contribution in [0.3, 0.4) is 0 Å². The molecule has 0 spiro atoms. The largest absolute Gasteiger partial charge is 0.322 e. The molecule has 1 aromatic carbocycles. The van der Waals surface area contributed by atoms with Crippen molar-refractivity contribution in [1.29, 1.82) is 0 Å². The van der Waals surface area contributed by atoms with Crippen LogP contribution in [-0.4, -0.2) is 10.2 Å². The van der Waals surface area contributed by atoms with Crippen molar-refractivity contribution in [3.63, 3.8) is 0 Å².